The Morgan fingerprint density at radius 1 is 1.00 bits per heavy atom. The smallest absolute Gasteiger partial charge is 0.207 e. The lowest BCUT2D eigenvalue weighted by molar-refractivity contribution is 0.104. The zero-order valence-corrected chi connectivity index (χ0v) is 17.4. The highest BCUT2D eigenvalue weighted by Crippen LogP contribution is 2.42. The average Bonchev–Trinajstić information content (AvgIpc) is 3.06. The average molecular weight is 403 g/mol. The molecule has 4 heteroatoms. The monoisotopic (exact) mass is 402 g/mol. The van der Waals surface area contributed by atoms with Gasteiger partial charge >= 0.3 is 0 Å². The van der Waals surface area contributed by atoms with E-state index < -0.39 is 0 Å². The van der Waals surface area contributed by atoms with Gasteiger partial charge in [0.25, 0.3) is 0 Å². The molecule has 0 amide bonds. The van der Waals surface area contributed by atoms with Crippen molar-refractivity contribution < 1.29 is 14.6 Å². The van der Waals surface area contributed by atoms with Crippen LogP contribution in [0.5, 0.6) is 17.2 Å². The third-order valence-electron chi connectivity index (χ3n) is 4.98. The molecule has 0 aliphatic carbocycles. The van der Waals surface area contributed by atoms with Gasteiger partial charge in [-0.15, -0.1) is 11.3 Å². The number of ether oxygens (including phenoxy) is 1. The first-order valence-corrected chi connectivity index (χ1v) is 10.4. The highest BCUT2D eigenvalue weighted by Gasteiger charge is 2.23. The SMILES string of the molecule is Cc1cc(O)ccc1C(=O)c1sc2ccccc2c1Oc1ccc(C(C)C)cc1. The molecular weight excluding hydrogens is 380 g/mol. The van der Waals surface area contributed by atoms with Gasteiger partial charge in [0.2, 0.25) is 5.78 Å². The number of benzene rings is 3. The van der Waals surface area contributed by atoms with Crippen LogP contribution in [0.2, 0.25) is 0 Å². The minimum atomic E-state index is -0.0995. The minimum absolute atomic E-state index is 0.0995. The lowest BCUT2D eigenvalue weighted by Gasteiger charge is -2.10. The number of ketones is 1. The van der Waals surface area contributed by atoms with Crippen LogP contribution in [0.1, 0.15) is 46.1 Å². The van der Waals surface area contributed by atoms with E-state index >= 15 is 0 Å². The molecule has 0 spiro atoms. The summed E-state index contributed by atoms with van der Waals surface area (Å²) >= 11 is 1.43. The number of thiophene rings is 1. The van der Waals surface area contributed by atoms with Crippen molar-refractivity contribution in [3.8, 4) is 17.2 Å². The van der Waals surface area contributed by atoms with Gasteiger partial charge in [0.1, 0.15) is 16.4 Å². The van der Waals surface area contributed by atoms with Crippen LogP contribution < -0.4 is 4.74 Å². The fourth-order valence-corrected chi connectivity index (χ4v) is 4.42. The molecule has 0 saturated carbocycles. The molecule has 0 atom stereocenters. The summed E-state index contributed by atoms with van der Waals surface area (Å²) in [5.74, 6) is 1.78. The van der Waals surface area contributed by atoms with Crippen molar-refractivity contribution >= 4 is 27.2 Å². The van der Waals surface area contributed by atoms with Gasteiger partial charge in [-0.2, -0.15) is 0 Å². The lowest BCUT2D eigenvalue weighted by atomic mass is 10.0. The second kappa shape index (κ2) is 7.72. The summed E-state index contributed by atoms with van der Waals surface area (Å²) in [6, 6.07) is 20.7. The summed E-state index contributed by atoms with van der Waals surface area (Å²) in [4.78, 5) is 13.9. The molecule has 3 aromatic carbocycles. The second-order valence-corrected chi connectivity index (χ2v) is 8.46. The maximum atomic E-state index is 13.4. The molecule has 29 heavy (non-hydrogen) atoms. The standard InChI is InChI=1S/C25H22O3S/c1-15(2)17-8-11-19(12-9-17)28-24-21-6-4-5-7-22(21)29-25(24)23(27)20-13-10-18(26)14-16(20)3/h4-15,26H,1-3H3. The van der Waals surface area contributed by atoms with Gasteiger partial charge in [-0.3, -0.25) is 4.79 Å². The fraction of sp³-hybridized carbons (Fsp3) is 0.160. The van der Waals surface area contributed by atoms with E-state index in [4.69, 9.17) is 4.74 Å². The Balaban J connectivity index is 1.79. The van der Waals surface area contributed by atoms with E-state index in [0.717, 1.165) is 15.6 Å². The first-order chi connectivity index (χ1) is 13.9. The predicted molar refractivity (Wildman–Crippen MR) is 119 cm³/mol. The van der Waals surface area contributed by atoms with Crippen molar-refractivity contribution in [3.63, 3.8) is 0 Å². The minimum Gasteiger partial charge on any atom is -0.508 e. The van der Waals surface area contributed by atoms with Crippen LogP contribution >= 0.6 is 11.3 Å². The zero-order valence-electron chi connectivity index (χ0n) is 16.6. The Morgan fingerprint density at radius 3 is 2.41 bits per heavy atom. The summed E-state index contributed by atoms with van der Waals surface area (Å²) < 4.78 is 7.24. The van der Waals surface area contributed by atoms with E-state index in [1.54, 1.807) is 18.2 Å². The van der Waals surface area contributed by atoms with E-state index in [-0.39, 0.29) is 11.5 Å². The number of carbonyl (C=O) groups excluding carboxylic acids is 1. The van der Waals surface area contributed by atoms with Gasteiger partial charge in [-0.25, -0.2) is 0 Å². The van der Waals surface area contributed by atoms with Gasteiger partial charge in [-0.1, -0.05) is 38.1 Å². The van der Waals surface area contributed by atoms with Crippen LogP contribution in [0.15, 0.2) is 66.7 Å². The van der Waals surface area contributed by atoms with Crippen molar-refractivity contribution in [1.29, 1.82) is 0 Å². The molecule has 146 valence electrons. The first-order valence-electron chi connectivity index (χ1n) is 9.57. The molecule has 0 saturated heterocycles. The van der Waals surface area contributed by atoms with E-state index in [1.807, 2.05) is 43.3 Å². The third kappa shape index (κ3) is 3.76. The van der Waals surface area contributed by atoms with E-state index in [0.29, 0.717) is 27.9 Å². The molecule has 4 rings (SSSR count). The predicted octanol–water partition coefficient (Wildman–Crippen LogP) is 7.06. The number of carbonyl (C=O) groups is 1. The molecule has 0 aliphatic rings. The van der Waals surface area contributed by atoms with Crippen molar-refractivity contribution in [3.05, 3.63) is 88.3 Å². The summed E-state index contributed by atoms with van der Waals surface area (Å²) in [7, 11) is 0. The second-order valence-electron chi connectivity index (χ2n) is 7.41. The number of rotatable bonds is 5. The fourth-order valence-electron chi connectivity index (χ4n) is 3.34. The third-order valence-corrected chi connectivity index (χ3v) is 6.13. The highest BCUT2D eigenvalue weighted by molar-refractivity contribution is 7.21. The molecular formula is C25H22O3S. The van der Waals surface area contributed by atoms with E-state index in [2.05, 4.69) is 26.0 Å². The van der Waals surface area contributed by atoms with Gasteiger partial charge in [-0.05, 0) is 66.4 Å². The van der Waals surface area contributed by atoms with Crippen molar-refractivity contribution in [1.82, 2.24) is 0 Å². The normalized spacial score (nSPS) is 11.2. The van der Waals surface area contributed by atoms with Crippen LogP contribution in [-0.4, -0.2) is 10.9 Å². The topological polar surface area (TPSA) is 46.5 Å². The quantitative estimate of drug-likeness (QED) is 0.363. The summed E-state index contributed by atoms with van der Waals surface area (Å²) in [6.45, 7) is 6.13. The maximum absolute atomic E-state index is 13.4. The molecule has 1 aromatic heterocycles. The van der Waals surface area contributed by atoms with E-state index in [1.165, 1.54) is 16.9 Å². The van der Waals surface area contributed by atoms with Gasteiger partial charge in [0, 0.05) is 15.6 Å². The van der Waals surface area contributed by atoms with Crippen molar-refractivity contribution in [2.75, 3.05) is 0 Å². The number of hydrogen-bond donors (Lipinski definition) is 1. The molecule has 0 radical (unpaired) electrons. The first kappa shape index (κ1) is 19.2. The molecule has 1 heterocycles. The van der Waals surface area contributed by atoms with Gasteiger partial charge in [0.15, 0.2) is 5.75 Å². The van der Waals surface area contributed by atoms with E-state index in [9.17, 15) is 9.90 Å². The van der Waals surface area contributed by atoms with Crippen molar-refractivity contribution in [2.45, 2.75) is 26.7 Å². The Labute approximate surface area is 174 Å². The summed E-state index contributed by atoms with van der Waals surface area (Å²) in [5.41, 5.74) is 2.54. The molecule has 3 nitrogen and oxygen atoms in total. The van der Waals surface area contributed by atoms with Crippen LogP contribution in [0.25, 0.3) is 10.1 Å². The Morgan fingerprint density at radius 2 is 1.72 bits per heavy atom. The van der Waals surface area contributed by atoms with Crippen LogP contribution in [-0.2, 0) is 0 Å². The number of phenols is 1. The Kier molecular flexibility index (Phi) is 5.12. The number of aryl methyl sites for hydroxylation is 1. The Hall–Kier alpha value is -3.11. The highest BCUT2D eigenvalue weighted by atomic mass is 32.1. The maximum Gasteiger partial charge on any atom is 0.207 e. The number of fused-ring (bicyclic) bond motifs is 1. The number of hydrogen-bond acceptors (Lipinski definition) is 4. The largest absolute Gasteiger partial charge is 0.508 e. The number of aromatic hydroxyl groups is 1. The summed E-state index contributed by atoms with van der Waals surface area (Å²) in [5, 5.41) is 10.6. The Bertz CT molecular complexity index is 1190. The van der Waals surface area contributed by atoms with Gasteiger partial charge in [0.05, 0.1) is 0 Å². The van der Waals surface area contributed by atoms with Crippen molar-refractivity contribution in [2.24, 2.45) is 0 Å². The summed E-state index contributed by atoms with van der Waals surface area (Å²) in [6.07, 6.45) is 0. The molecule has 1 N–H and O–H groups in total. The number of phenolic OH excluding ortho intramolecular Hbond substituents is 1. The lowest BCUT2D eigenvalue weighted by Crippen LogP contribution is -2.03. The molecule has 4 aromatic rings. The van der Waals surface area contributed by atoms with Crippen LogP contribution in [0.3, 0.4) is 0 Å². The molecule has 0 fully saturated rings. The molecule has 0 bridgehead atoms. The molecule has 0 aliphatic heterocycles. The van der Waals surface area contributed by atoms with Crippen LogP contribution in [0.4, 0.5) is 0 Å². The van der Waals surface area contributed by atoms with Gasteiger partial charge < -0.3 is 9.84 Å². The zero-order chi connectivity index (χ0) is 20.5. The van der Waals surface area contributed by atoms with Crippen LogP contribution in [0, 0.1) is 6.92 Å². The molecule has 0 unspecified atom stereocenters.